The van der Waals surface area contributed by atoms with Crippen molar-refractivity contribution in [3.05, 3.63) is 40.2 Å². The van der Waals surface area contributed by atoms with Crippen LogP contribution in [0.15, 0.2) is 23.1 Å². The highest BCUT2D eigenvalue weighted by Crippen LogP contribution is 2.29. The SMILES string of the molecule is CCn1c([C@@H]2CCCN(c3ncccc3C(N)=O)C2)nn(C)c1=O. The summed E-state index contributed by atoms with van der Waals surface area (Å²) in [6.45, 7) is 4.00. The fourth-order valence-corrected chi connectivity index (χ4v) is 3.34. The van der Waals surface area contributed by atoms with Crippen molar-refractivity contribution >= 4 is 11.7 Å². The number of anilines is 1. The lowest BCUT2D eigenvalue weighted by Gasteiger charge is -2.33. The minimum absolute atomic E-state index is 0.0970. The van der Waals surface area contributed by atoms with Crippen molar-refractivity contribution in [2.45, 2.75) is 32.2 Å². The van der Waals surface area contributed by atoms with Crippen molar-refractivity contribution in [2.75, 3.05) is 18.0 Å². The number of carbonyl (C=O) groups is 1. The first-order chi connectivity index (χ1) is 11.5. The molecule has 128 valence electrons. The third-order valence-electron chi connectivity index (χ3n) is 4.49. The molecule has 1 aliphatic heterocycles. The van der Waals surface area contributed by atoms with E-state index >= 15 is 0 Å². The normalized spacial score (nSPS) is 17.9. The average Bonchev–Trinajstić information content (AvgIpc) is 2.89. The Morgan fingerprint density at radius 1 is 1.46 bits per heavy atom. The molecular weight excluding hydrogens is 308 g/mol. The van der Waals surface area contributed by atoms with Crippen LogP contribution in [0.3, 0.4) is 0 Å². The lowest BCUT2D eigenvalue weighted by Crippen LogP contribution is -2.37. The number of nitrogens with zero attached hydrogens (tertiary/aromatic N) is 5. The molecule has 2 aromatic rings. The average molecular weight is 330 g/mol. The number of rotatable bonds is 4. The molecule has 8 nitrogen and oxygen atoms in total. The maximum Gasteiger partial charge on any atom is 0.345 e. The molecule has 3 rings (SSSR count). The number of primary amides is 1. The smallest absolute Gasteiger partial charge is 0.345 e. The number of hydrogen-bond donors (Lipinski definition) is 1. The Morgan fingerprint density at radius 3 is 2.96 bits per heavy atom. The molecule has 1 fully saturated rings. The van der Waals surface area contributed by atoms with Crippen LogP contribution < -0.4 is 16.3 Å². The molecule has 0 saturated carbocycles. The number of aryl methyl sites for hydroxylation is 1. The number of hydrogen-bond acceptors (Lipinski definition) is 5. The Hall–Kier alpha value is -2.64. The number of aromatic nitrogens is 4. The van der Waals surface area contributed by atoms with Crippen molar-refractivity contribution < 1.29 is 4.79 Å². The molecule has 24 heavy (non-hydrogen) atoms. The Labute approximate surface area is 139 Å². The molecule has 0 aliphatic carbocycles. The molecule has 1 saturated heterocycles. The van der Waals surface area contributed by atoms with Gasteiger partial charge in [-0.05, 0) is 31.9 Å². The summed E-state index contributed by atoms with van der Waals surface area (Å²) < 4.78 is 3.09. The summed E-state index contributed by atoms with van der Waals surface area (Å²) in [5, 5.41) is 4.42. The van der Waals surface area contributed by atoms with E-state index < -0.39 is 5.91 Å². The molecule has 1 atom stereocenters. The van der Waals surface area contributed by atoms with Crippen LogP contribution in [-0.4, -0.2) is 38.3 Å². The Balaban J connectivity index is 1.92. The summed E-state index contributed by atoms with van der Waals surface area (Å²) in [6, 6.07) is 3.40. The maximum atomic E-state index is 12.1. The number of nitrogens with two attached hydrogens (primary N) is 1. The van der Waals surface area contributed by atoms with E-state index in [1.54, 1.807) is 29.9 Å². The summed E-state index contributed by atoms with van der Waals surface area (Å²) in [4.78, 5) is 30.2. The molecule has 1 aliphatic rings. The van der Waals surface area contributed by atoms with Crippen molar-refractivity contribution in [1.82, 2.24) is 19.3 Å². The maximum absolute atomic E-state index is 12.1. The van der Waals surface area contributed by atoms with Crippen LogP contribution in [0.4, 0.5) is 5.82 Å². The van der Waals surface area contributed by atoms with Crippen molar-refractivity contribution in [1.29, 1.82) is 0 Å². The van der Waals surface area contributed by atoms with Crippen LogP contribution in [0.5, 0.6) is 0 Å². The Kier molecular flexibility index (Phi) is 4.37. The quantitative estimate of drug-likeness (QED) is 0.879. The Bertz CT molecular complexity index is 809. The molecule has 8 heteroatoms. The predicted molar refractivity (Wildman–Crippen MR) is 90.1 cm³/mol. The third kappa shape index (κ3) is 2.79. The van der Waals surface area contributed by atoms with Crippen molar-refractivity contribution in [2.24, 2.45) is 12.8 Å². The molecule has 1 amide bonds. The van der Waals surface area contributed by atoms with E-state index in [0.29, 0.717) is 24.5 Å². The van der Waals surface area contributed by atoms with Crippen molar-refractivity contribution in [3.8, 4) is 0 Å². The zero-order chi connectivity index (χ0) is 17.3. The summed E-state index contributed by atoms with van der Waals surface area (Å²) in [7, 11) is 1.67. The van der Waals surface area contributed by atoms with Gasteiger partial charge in [0.25, 0.3) is 5.91 Å². The van der Waals surface area contributed by atoms with Gasteiger partial charge >= 0.3 is 5.69 Å². The molecule has 2 aromatic heterocycles. The second kappa shape index (κ2) is 6.46. The monoisotopic (exact) mass is 330 g/mol. The third-order valence-corrected chi connectivity index (χ3v) is 4.49. The first-order valence-corrected chi connectivity index (χ1v) is 8.16. The van der Waals surface area contributed by atoms with Crippen LogP contribution in [0, 0.1) is 0 Å². The fourth-order valence-electron chi connectivity index (χ4n) is 3.34. The van der Waals surface area contributed by atoms with E-state index in [-0.39, 0.29) is 11.6 Å². The van der Waals surface area contributed by atoms with Gasteiger partial charge in [0, 0.05) is 38.8 Å². The fraction of sp³-hybridized carbons (Fsp3) is 0.500. The molecular formula is C16H22N6O2. The summed E-state index contributed by atoms with van der Waals surface area (Å²) in [6.07, 6.45) is 3.55. The van der Waals surface area contributed by atoms with Gasteiger partial charge in [0.15, 0.2) is 0 Å². The molecule has 0 spiro atoms. The highest BCUT2D eigenvalue weighted by Gasteiger charge is 2.28. The molecule has 0 unspecified atom stereocenters. The number of pyridine rings is 1. The van der Waals surface area contributed by atoms with Crippen LogP contribution in [0.2, 0.25) is 0 Å². The molecule has 3 heterocycles. The standard InChI is InChI=1S/C16H22N6O2/c1-3-22-14(19-20(2)16(22)24)11-6-5-9-21(10-11)15-12(13(17)23)7-4-8-18-15/h4,7-8,11H,3,5-6,9-10H2,1-2H3,(H2,17,23)/t11-/m1/s1. The largest absolute Gasteiger partial charge is 0.365 e. The van der Waals surface area contributed by atoms with E-state index in [1.807, 2.05) is 6.92 Å². The number of piperidine rings is 1. The van der Waals surface area contributed by atoms with Crippen LogP contribution >= 0.6 is 0 Å². The summed E-state index contributed by atoms with van der Waals surface area (Å²) in [5.74, 6) is 1.04. The van der Waals surface area contributed by atoms with E-state index in [1.165, 1.54) is 4.68 Å². The number of carbonyl (C=O) groups excluding carboxylic acids is 1. The lowest BCUT2D eigenvalue weighted by molar-refractivity contribution is 0.100. The van der Waals surface area contributed by atoms with Gasteiger partial charge in [-0.25, -0.2) is 14.5 Å². The van der Waals surface area contributed by atoms with Gasteiger partial charge in [-0.2, -0.15) is 5.10 Å². The first-order valence-electron chi connectivity index (χ1n) is 8.16. The predicted octanol–water partition coefficient (Wildman–Crippen LogP) is 0.480. The summed E-state index contributed by atoms with van der Waals surface area (Å²) in [5.41, 5.74) is 5.80. The number of amides is 1. The van der Waals surface area contributed by atoms with E-state index in [2.05, 4.69) is 15.0 Å². The topological polar surface area (TPSA) is 99.0 Å². The lowest BCUT2D eigenvalue weighted by atomic mass is 9.96. The van der Waals surface area contributed by atoms with Gasteiger partial charge < -0.3 is 10.6 Å². The second-order valence-corrected chi connectivity index (χ2v) is 6.03. The molecule has 0 bridgehead atoms. The minimum atomic E-state index is -0.483. The van der Waals surface area contributed by atoms with E-state index in [9.17, 15) is 9.59 Å². The molecule has 0 radical (unpaired) electrons. The molecule has 0 aromatic carbocycles. The second-order valence-electron chi connectivity index (χ2n) is 6.03. The van der Waals surface area contributed by atoms with Crippen LogP contribution in [0.25, 0.3) is 0 Å². The van der Waals surface area contributed by atoms with Gasteiger partial charge in [0.2, 0.25) is 0 Å². The van der Waals surface area contributed by atoms with Crippen LogP contribution in [-0.2, 0) is 13.6 Å². The molecule has 2 N–H and O–H groups in total. The van der Waals surface area contributed by atoms with E-state index in [0.717, 1.165) is 25.2 Å². The Morgan fingerprint density at radius 2 is 2.25 bits per heavy atom. The first kappa shape index (κ1) is 16.2. The van der Waals surface area contributed by atoms with E-state index in [4.69, 9.17) is 5.73 Å². The van der Waals surface area contributed by atoms with Gasteiger partial charge in [0.1, 0.15) is 11.6 Å². The van der Waals surface area contributed by atoms with Gasteiger partial charge in [-0.1, -0.05) is 0 Å². The van der Waals surface area contributed by atoms with Gasteiger partial charge in [-0.15, -0.1) is 0 Å². The van der Waals surface area contributed by atoms with Gasteiger partial charge in [0.05, 0.1) is 5.56 Å². The van der Waals surface area contributed by atoms with Crippen LogP contribution in [0.1, 0.15) is 41.9 Å². The zero-order valence-corrected chi connectivity index (χ0v) is 14.0. The minimum Gasteiger partial charge on any atom is -0.365 e. The van der Waals surface area contributed by atoms with Gasteiger partial charge in [-0.3, -0.25) is 9.36 Å². The van der Waals surface area contributed by atoms with Crippen molar-refractivity contribution in [3.63, 3.8) is 0 Å². The summed E-state index contributed by atoms with van der Waals surface area (Å²) >= 11 is 0. The highest BCUT2D eigenvalue weighted by atomic mass is 16.2. The highest BCUT2D eigenvalue weighted by molar-refractivity contribution is 5.97. The zero-order valence-electron chi connectivity index (χ0n) is 14.0.